The van der Waals surface area contributed by atoms with Gasteiger partial charge in [-0.1, -0.05) is 12.8 Å². The zero-order valence-electron chi connectivity index (χ0n) is 7.36. The molecular formula is C8H14ClF2NO. The van der Waals surface area contributed by atoms with Gasteiger partial charge in [-0.05, 0) is 24.4 Å². The third-order valence-corrected chi connectivity index (χ3v) is 1.82. The third-order valence-electron chi connectivity index (χ3n) is 1.63. The summed E-state index contributed by atoms with van der Waals surface area (Å²) >= 11 is 4.69. The Morgan fingerprint density at radius 2 is 1.77 bits per heavy atom. The smallest absolute Gasteiger partial charge is 0.321 e. The topological polar surface area (TPSA) is 43.1 Å². The Kier molecular flexibility index (Phi) is 5.95. The Bertz CT molecular complexity index is 159. The van der Waals surface area contributed by atoms with Gasteiger partial charge in [-0.3, -0.25) is 4.79 Å². The van der Waals surface area contributed by atoms with E-state index in [9.17, 15) is 13.6 Å². The Balaban J connectivity index is 3.13. The second-order valence-corrected chi connectivity index (χ2v) is 3.55. The number of alkyl halides is 3. The Morgan fingerprint density at radius 3 is 2.23 bits per heavy atom. The average Bonchev–Trinajstić information content (AvgIpc) is 1.93. The molecule has 0 aromatic rings. The number of amides is 1. The van der Waals surface area contributed by atoms with Gasteiger partial charge in [-0.25, -0.2) is 0 Å². The van der Waals surface area contributed by atoms with E-state index < -0.39 is 5.38 Å². The monoisotopic (exact) mass is 213 g/mol. The highest BCUT2D eigenvalue weighted by molar-refractivity contribution is 6.21. The number of hydrogen-bond acceptors (Lipinski definition) is 1. The van der Waals surface area contributed by atoms with Gasteiger partial charge in [0.1, 0.15) is 0 Å². The van der Waals surface area contributed by atoms with Crippen LogP contribution in [0.2, 0.25) is 0 Å². The number of unbranched alkanes of at least 4 members (excludes halogenated alkanes) is 3. The molecule has 0 atom stereocenters. The first-order valence-corrected chi connectivity index (χ1v) is 4.64. The van der Waals surface area contributed by atoms with Crippen molar-refractivity contribution in [3.05, 3.63) is 0 Å². The molecule has 2 nitrogen and oxygen atoms in total. The third kappa shape index (κ3) is 11.6. The van der Waals surface area contributed by atoms with Crippen LogP contribution in [0.1, 0.15) is 38.5 Å². The van der Waals surface area contributed by atoms with Gasteiger partial charge in [0.2, 0.25) is 5.91 Å². The van der Waals surface area contributed by atoms with Crippen LogP contribution in [-0.2, 0) is 4.79 Å². The number of rotatable bonds is 7. The molecule has 0 aromatic carbocycles. The van der Waals surface area contributed by atoms with Crippen molar-refractivity contribution in [2.75, 3.05) is 0 Å². The summed E-state index contributed by atoms with van der Waals surface area (Å²) < 4.78 is 24.1. The summed E-state index contributed by atoms with van der Waals surface area (Å²) in [6.07, 6.45) is 2.49. The molecule has 0 saturated heterocycles. The Morgan fingerprint density at radius 1 is 1.23 bits per heavy atom. The lowest BCUT2D eigenvalue weighted by molar-refractivity contribution is -0.118. The van der Waals surface area contributed by atoms with Crippen LogP contribution < -0.4 is 5.73 Å². The molecule has 0 aliphatic carbocycles. The molecule has 0 spiro atoms. The summed E-state index contributed by atoms with van der Waals surface area (Å²) in [4.78, 5) is 10.3. The van der Waals surface area contributed by atoms with E-state index in [1.54, 1.807) is 0 Å². The molecule has 0 unspecified atom stereocenters. The molecule has 0 heterocycles. The summed E-state index contributed by atoms with van der Waals surface area (Å²) in [7, 11) is 0. The molecule has 78 valence electrons. The largest absolute Gasteiger partial charge is 0.370 e. The van der Waals surface area contributed by atoms with Gasteiger partial charge in [0.25, 0.3) is 0 Å². The number of carbonyl (C=O) groups excluding carboxylic acids is 1. The van der Waals surface area contributed by atoms with E-state index in [0.29, 0.717) is 25.7 Å². The van der Waals surface area contributed by atoms with Gasteiger partial charge in [0.15, 0.2) is 0 Å². The van der Waals surface area contributed by atoms with Crippen molar-refractivity contribution < 1.29 is 13.6 Å². The molecule has 5 heteroatoms. The molecular weight excluding hydrogens is 200 g/mol. The van der Waals surface area contributed by atoms with E-state index in [2.05, 4.69) is 11.6 Å². The van der Waals surface area contributed by atoms with Crippen LogP contribution in [0.5, 0.6) is 0 Å². The van der Waals surface area contributed by atoms with Gasteiger partial charge in [0.05, 0.1) is 0 Å². The van der Waals surface area contributed by atoms with E-state index in [0.717, 1.165) is 6.42 Å². The van der Waals surface area contributed by atoms with Crippen LogP contribution in [0.3, 0.4) is 0 Å². The van der Waals surface area contributed by atoms with Gasteiger partial charge in [-0.2, -0.15) is 8.78 Å². The van der Waals surface area contributed by atoms with Crippen molar-refractivity contribution in [3.63, 3.8) is 0 Å². The van der Waals surface area contributed by atoms with E-state index in [4.69, 9.17) is 5.73 Å². The van der Waals surface area contributed by atoms with Crippen molar-refractivity contribution in [3.8, 4) is 0 Å². The highest BCUT2D eigenvalue weighted by Crippen LogP contribution is 2.25. The lowest BCUT2D eigenvalue weighted by atomic mass is 10.1. The second-order valence-electron chi connectivity index (χ2n) is 3.00. The first-order valence-electron chi connectivity index (χ1n) is 4.27. The zero-order chi connectivity index (χ0) is 10.3. The van der Waals surface area contributed by atoms with Crippen LogP contribution in [0, 0.1) is 0 Å². The van der Waals surface area contributed by atoms with E-state index in [1.807, 2.05) is 0 Å². The maximum Gasteiger partial charge on any atom is 0.321 e. The molecule has 0 fully saturated rings. The lowest BCUT2D eigenvalue weighted by Gasteiger charge is -2.06. The summed E-state index contributed by atoms with van der Waals surface area (Å²) in [5.41, 5.74) is 4.90. The number of halogens is 3. The molecule has 0 aliphatic heterocycles. The van der Waals surface area contributed by atoms with Crippen LogP contribution in [-0.4, -0.2) is 11.3 Å². The summed E-state index contributed by atoms with van der Waals surface area (Å²) in [6.45, 7) is 0. The van der Waals surface area contributed by atoms with Crippen LogP contribution in [0.15, 0.2) is 0 Å². The molecule has 0 aromatic heterocycles. The van der Waals surface area contributed by atoms with Crippen molar-refractivity contribution in [2.45, 2.75) is 43.9 Å². The maximum absolute atomic E-state index is 12.1. The molecule has 13 heavy (non-hydrogen) atoms. The molecule has 0 saturated carbocycles. The zero-order valence-corrected chi connectivity index (χ0v) is 8.12. The van der Waals surface area contributed by atoms with E-state index in [-0.39, 0.29) is 12.3 Å². The molecule has 0 aliphatic rings. The van der Waals surface area contributed by atoms with Gasteiger partial charge < -0.3 is 5.73 Å². The minimum absolute atomic E-state index is 0.300. The quantitative estimate of drug-likeness (QED) is 0.513. The van der Waals surface area contributed by atoms with Crippen LogP contribution in [0.4, 0.5) is 8.78 Å². The van der Waals surface area contributed by atoms with E-state index in [1.165, 1.54) is 0 Å². The van der Waals surface area contributed by atoms with Crippen molar-refractivity contribution >= 4 is 17.5 Å². The molecule has 0 rings (SSSR count). The SMILES string of the molecule is NC(=O)CCCCCCC(F)(F)Cl. The first-order chi connectivity index (χ1) is 5.92. The fraction of sp³-hybridized carbons (Fsp3) is 0.875. The molecule has 1 amide bonds. The number of hydrogen-bond donors (Lipinski definition) is 1. The lowest BCUT2D eigenvalue weighted by Crippen LogP contribution is -2.09. The van der Waals surface area contributed by atoms with Crippen LogP contribution >= 0.6 is 11.6 Å². The van der Waals surface area contributed by atoms with Crippen molar-refractivity contribution in [1.29, 1.82) is 0 Å². The standard InChI is InChI=1S/C8H14ClF2NO/c9-8(10,11)6-4-2-1-3-5-7(12)13/h1-6H2,(H2,12,13). The van der Waals surface area contributed by atoms with E-state index >= 15 is 0 Å². The van der Waals surface area contributed by atoms with Crippen LogP contribution in [0.25, 0.3) is 0 Å². The van der Waals surface area contributed by atoms with Gasteiger partial charge in [-0.15, -0.1) is 0 Å². The Hall–Kier alpha value is -0.380. The predicted octanol–water partition coefficient (Wildman–Crippen LogP) is 2.64. The van der Waals surface area contributed by atoms with Gasteiger partial charge >= 0.3 is 5.38 Å². The second kappa shape index (κ2) is 6.13. The Labute approximate surface area is 81.4 Å². The fourth-order valence-corrected chi connectivity index (χ4v) is 1.11. The summed E-state index contributed by atoms with van der Waals surface area (Å²) in [5.74, 6) is -0.345. The minimum Gasteiger partial charge on any atom is -0.370 e. The highest BCUT2D eigenvalue weighted by atomic mass is 35.5. The normalized spacial score (nSPS) is 11.6. The highest BCUT2D eigenvalue weighted by Gasteiger charge is 2.22. The molecule has 2 N–H and O–H groups in total. The minimum atomic E-state index is -3.08. The first kappa shape index (κ1) is 12.6. The van der Waals surface area contributed by atoms with Crippen molar-refractivity contribution in [2.24, 2.45) is 5.73 Å². The number of primary amides is 1. The summed E-state index contributed by atoms with van der Waals surface area (Å²) in [6, 6.07) is 0. The predicted molar refractivity (Wildman–Crippen MR) is 47.7 cm³/mol. The van der Waals surface area contributed by atoms with Crippen molar-refractivity contribution in [1.82, 2.24) is 0 Å². The fourth-order valence-electron chi connectivity index (χ4n) is 0.978. The molecule has 0 bridgehead atoms. The molecule has 0 radical (unpaired) electrons. The van der Waals surface area contributed by atoms with Gasteiger partial charge in [0, 0.05) is 12.8 Å². The summed E-state index contributed by atoms with van der Waals surface area (Å²) in [5, 5.41) is -3.08. The maximum atomic E-state index is 12.1. The number of nitrogens with two attached hydrogens (primary N) is 1. The number of carbonyl (C=O) groups is 1. The average molecular weight is 214 g/mol.